The minimum Gasteiger partial charge on any atom is -0.482 e. The molecule has 0 atom stereocenters. The fraction of sp³-hybridized carbons (Fsp3) is 0.273. The summed E-state index contributed by atoms with van der Waals surface area (Å²) >= 11 is 0. The van der Waals surface area contributed by atoms with Crippen LogP contribution in [0.5, 0.6) is 5.75 Å². The third kappa shape index (κ3) is 1.71. The van der Waals surface area contributed by atoms with E-state index in [4.69, 9.17) is 10.6 Å². The molecule has 0 aromatic heterocycles. The summed E-state index contributed by atoms with van der Waals surface area (Å²) in [5.74, 6) is 5.78. The lowest BCUT2D eigenvalue weighted by molar-refractivity contribution is -0.121. The quantitative estimate of drug-likeness (QED) is 0.453. The van der Waals surface area contributed by atoms with Gasteiger partial charge in [0.2, 0.25) is 0 Å². The second kappa shape index (κ2) is 4.22. The number of hydrogen-bond acceptors (Lipinski definition) is 4. The molecule has 0 radical (unpaired) electrons. The maximum Gasteiger partial charge on any atom is 0.265 e. The summed E-state index contributed by atoms with van der Waals surface area (Å²) in [4.78, 5) is 13.3. The molecule has 1 aromatic carbocycles. The number of fused-ring (bicyclic) bond motifs is 1. The second-order valence-electron chi connectivity index (χ2n) is 3.43. The van der Waals surface area contributed by atoms with Crippen molar-refractivity contribution in [3.63, 3.8) is 0 Å². The number of hydrazone groups is 1. The highest BCUT2D eigenvalue weighted by molar-refractivity contribution is 5.98. The Hall–Kier alpha value is -2.04. The molecule has 16 heavy (non-hydrogen) atoms. The standard InChI is InChI=1S/C11H13N3O2/c1-2-14-9-5-8(6-13-12)3-4-10(9)16-7-11(14)15/h3-6H,2,7,12H2,1H3. The molecule has 1 aromatic rings. The van der Waals surface area contributed by atoms with Gasteiger partial charge in [-0.1, -0.05) is 0 Å². The lowest BCUT2D eigenvalue weighted by atomic mass is 10.1. The first-order valence-corrected chi connectivity index (χ1v) is 5.06. The van der Waals surface area contributed by atoms with Gasteiger partial charge in [-0.05, 0) is 30.7 Å². The van der Waals surface area contributed by atoms with Crippen molar-refractivity contribution in [2.75, 3.05) is 18.1 Å². The number of rotatable bonds is 2. The number of amides is 1. The van der Waals surface area contributed by atoms with Gasteiger partial charge in [0.15, 0.2) is 6.61 Å². The molecule has 1 amide bonds. The number of carbonyl (C=O) groups excluding carboxylic acids is 1. The first-order chi connectivity index (χ1) is 7.76. The molecule has 1 aliphatic rings. The van der Waals surface area contributed by atoms with Crippen molar-refractivity contribution in [1.82, 2.24) is 0 Å². The average molecular weight is 219 g/mol. The lowest BCUT2D eigenvalue weighted by Crippen LogP contribution is -2.38. The number of hydrogen-bond donors (Lipinski definition) is 1. The molecule has 0 unspecified atom stereocenters. The summed E-state index contributed by atoms with van der Waals surface area (Å²) in [5, 5.41) is 3.46. The fourth-order valence-corrected chi connectivity index (χ4v) is 1.73. The highest BCUT2D eigenvalue weighted by Crippen LogP contribution is 2.32. The van der Waals surface area contributed by atoms with E-state index in [1.165, 1.54) is 6.21 Å². The minimum absolute atomic E-state index is 0.0307. The number of ether oxygens (including phenoxy) is 1. The maximum absolute atomic E-state index is 11.6. The van der Waals surface area contributed by atoms with Gasteiger partial charge in [0.05, 0.1) is 11.9 Å². The first-order valence-electron chi connectivity index (χ1n) is 5.06. The van der Waals surface area contributed by atoms with Crippen LogP contribution in [0.3, 0.4) is 0 Å². The maximum atomic E-state index is 11.6. The van der Waals surface area contributed by atoms with Crippen LogP contribution in [-0.4, -0.2) is 25.3 Å². The molecule has 1 aliphatic heterocycles. The SMILES string of the molecule is CCN1C(=O)COc2ccc(C=NN)cc21. The Morgan fingerprint density at radius 2 is 2.44 bits per heavy atom. The summed E-state index contributed by atoms with van der Waals surface area (Å²) in [6, 6.07) is 5.51. The van der Waals surface area contributed by atoms with E-state index < -0.39 is 0 Å². The van der Waals surface area contributed by atoms with E-state index in [0.717, 1.165) is 17.0 Å². The molecule has 0 aliphatic carbocycles. The van der Waals surface area contributed by atoms with E-state index >= 15 is 0 Å². The van der Waals surface area contributed by atoms with Crippen LogP contribution in [0.25, 0.3) is 0 Å². The van der Waals surface area contributed by atoms with Crippen molar-refractivity contribution in [3.8, 4) is 5.75 Å². The third-order valence-electron chi connectivity index (χ3n) is 2.47. The Bertz CT molecular complexity index is 443. The van der Waals surface area contributed by atoms with Crippen molar-refractivity contribution >= 4 is 17.8 Å². The van der Waals surface area contributed by atoms with E-state index in [0.29, 0.717) is 6.54 Å². The number of nitrogens with zero attached hydrogens (tertiary/aromatic N) is 2. The normalized spacial score (nSPS) is 15.1. The minimum atomic E-state index is -0.0307. The lowest BCUT2D eigenvalue weighted by Gasteiger charge is -2.28. The molecule has 0 spiro atoms. The summed E-state index contributed by atoms with van der Waals surface area (Å²) < 4.78 is 5.33. The Balaban J connectivity index is 2.45. The zero-order valence-corrected chi connectivity index (χ0v) is 9.01. The van der Waals surface area contributed by atoms with Crippen LogP contribution >= 0.6 is 0 Å². The third-order valence-corrected chi connectivity index (χ3v) is 2.47. The van der Waals surface area contributed by atoms with Crippen LogP contribution in [0.15, 0.2) is 23.3 Å². The topological polar surface area (TPSA) is 67.9 Å². The molecule has 1 heterocycles. The van der Waals surface area contributed by atoms with Gasteiger partial charge in [-0.15, -0.1) is 0 Å². The van der Waals surface area contributed by atoms with Crippen molar-refractivity contribution in [2.45, 2.75) is 6.92 Å². The molecule has 5 heteroatoms. The van der Waals surface area contributed by atoms with E-state index in [1.807, 2.05) is 25.1 Å². The number of benzene rings is 1. The summed E-state index contributed by atoms with van der Waals surface area (Å²) in [6.45, 7) is 2.65. The Morgan fingerprint density at radius 3 is 3.12 bits per heavy atom. The van der Waals surface area contributed by atoms with Gasteiger partial charge in [0.1, 0.15) is 5.75 Å². The van der Waals surface area contributed by atoms with Crippen molar-refractivity contribution in [2.24, 2.45) is 10.9 Å². The van der Waals surface area contributed by atoms with Gasteiger partial charge < -0.3 is 15.5 Å². The van der Waals surface area contributed by atoms with E-state index in [9.17, 15) is 4.79 Å². The molecule has 0 saturated carbocycles. The average Bonchev–Trinajstić information content (AvgIpc) is 2.29. The number of nitrogens with two attached hydrogens (primary N) is 1. The van der Waals surface area contributed by atoms with E-state index in [1.54, 1.807) is 4.90 Å². The van der Waals surface area contributed by atoms with Crippen LogP contribution < -0.4 is 15.5 Å². The monoisotopic (exact) mass is 219 g/mol. The number of likely N-dealkylation sites (N-methyl/N-ethyl adjacent to an activating group) is 1. The number of anilines is 1. The zero-order chi connectivity index (χ0) is 11.5. The largest absolute Gasteiger partial charge is 0.482 e. The van der Waals surface area contributed by atoms with Crippen LogP contribution in [0.1, 0.15) is 12.5 Å². The second-order valence-corrected chi connectivity index (χ2v) is 3.43. The summed E-state index contributed by atoms with van der Waals surface area (Å²) in [7, 11) is 0. The van der Waals surface area contributed by atoms with Crippen LogP contribution in [0.4, 0.5) is 5.69 Å². The molecule has 0 saturated heterocycles. The van der Waals surface area contributed by atoms with Gasteiger partial charge in [0, 0.05) is 6.54 Å². The van der Waals surface area contributed by atoms with Gasteiger partial charge in [-0.25, -0.2) is 0 Å². The zero-order valence-electron chi connectivity index (χ0n) is 9.01. The molecule has 2 rings (SSSR count). The smallest absolute Gasteiger partial charge is 0.265 e. The highest BCUT2D eigenvalue weighted by Gasteiger charge is 2.23. The molecular weight excluding hydrogens is 206 g/mol. The van der Waals surface area contributed by atoms with Crippen molar-refractivity contribution in [3.05, 3.63) is 23.8 Å². The van der Waals surface area contributed by atoms with Crippen LogP contribution in [0.2, 0.25) is 0 Å². The van der Waals surface area contributed by atoms with Gasteiger partial charge in [-0.2, -0.15) is 5.10 Å². The molecule has 0 bridgehead atoms. The Kier molecular flexibility index (Phi) is 2.76. The van der Waals surface area contributed by atoms with Crippen molar-refractivity contribution in [1.29, 1.82) is 0 Å². The molecule has 5 nitrogen and oxygen atoms in total. The van der Waals surface area contributed by atoms with Crippen molar-refractivity contribution < 1.29 is 9.53 Å². The Labute approximate surface area is 93.5 Å². The molecule has 2 N–H and O–H groups in total. The predicted molar refractivity (Wildman–Crippen MR) is 61.7 cm³/mol. The summed E-state index contributed by atoms with van der Waals surface area (Å²) in [5.41, 5.74) is 1.62. The molecular formula is C11H13N3O2. The number of carbonyl (C=O) groups is 1. The van der Waals surface area contributed by atoms with Crippen LogP contribution in [-0.2, 0) is 4.79 Å². The molecule has 84 valence electrons. The van der Waals surface area contributed by atoms with Gasteiger partial charge >= 0.3 is 0 Å². The van der Waals surface area contributed by atoms with Gasteiger partial charge in [0.25, 0.3) is 5.91 Å². The van der Waals surface area contributed by atoms with E-state index in [2.05, 4.69) is 5.10 Å². The summed E-state index contributed by atoms with van der Waals surface area (Å²) in [6.07, 6.45) is 1.53. The molecule has 0 fully saturated rings. The Morgan fingerprint density at radius 1 is 1.62 bits per heavy atom. The van der Waals surface area contributed by atoms with Crippen LogP contribution in [0, 0.1) is 0 Å². The highest BCUT2D eigenvalue weighted by atomic mass is 16.5. The van der Waals surface area contributed by atoms with Gasteiger partial charge in [-0.3, -0.25) is 4.79 Å². The van der Waals surface area contributed by atoms with E-state index in [-0.39, 0.29) is 12.5 Å². The predicted octanol–water partition coefficient (Wildman–Crippen LogP) is 0.725. The first kappa shape index (κ1) is 10.5. The fourth-order valence-electron chi connectivity index (χ4n) is 1.73.